The van der Waals surface area contributed by atoms with Crippen LogP contribution in [-0.2, 0) is 9.78 Å². The van der Waals surface area contributed by atoms with E-state index in [1.807, 2.05) is 13.0 Å². The molecule has 0 aliphatic carbocycles. The van der Waals surface area contributed by atoms with Crippen LogP contribution in [0.1, 0.15) is 13.3 Å². The molecule has 0 aliphatic rings. The van der Waals surface area contributed by atoms with Crippen LogP contribution in [0.3, 0.4) is 0 Å². The SMILES string of the molecule is CC/C=C/OOC. The van der Waals surface area contributed by atoms with Gasteiger partial charge in [-0.15, -0.1) is 0 Å². The van der Waals surface area contributed by atoms with Gasteiger partial charge >= 0.3 is 0 Å². The molecular weight excluding hydrogens is 92.1 g/mol. The Bertz CT molecular complexity index is 50.0. The van der Waals surface area contributed by atoms with Crippen molar-refractivity contribution in [3.63, 3.8) is 0 Å². The van der Waals surface area contributed by atoms with Crippen molar-refractivity contribution < 1.29 is 9.78 Å². The number of rotatable bonds is 3. The van der Waals surface area contributed by atoms with Gasteiger partial charge in [-0.2, -0.15) is 4.89 Å². The van der Waals surface area contributed by atoms with Crippen LogP contribution in [0.5, 0.6) is 0 Å². The first kappa shape index (κ1) is 6.50. The molecule has 7 heavy (non-hydrogen) atoms. The van der Waals surface area contributed by atoms with Crippen LogP contribution in [0.15, 0.2) is 12.3 Å². The molecule has 0 N–H and O–H groups in total. The molecule has 2 nitrogen and oxygen atoms in total. The van der Waals surface area contributed by atoms with E-state index in [9.17, 15) is 0 Å². The fourth-order valence-electron chi connectivity index (χ4n) is 0.191. The molecule has 42 valence electrons. The summed E-state index contributed by atoms with van der Waals surface area (Å²) in [6.45, 7) is 2.02. The van der Waals surface area contributed by atoms with Gasteiger partial charge in [-0.1, -0.05) is 6.92 Å². The van der Waals surface area contributed by atoms with E-state index in [1.54, 1.807) is 0 Å². The zero-order valence-corrected chi connectivity index (χ0v) is 4.68. The molecule has 0 amide bonds. The molecule has 0 radical (unpaired) electrons. The van der Waals surface area contributed by atoms with Crippen molar-refractivity contribution in [3.8, 4) is 0 Å². The summed E-state index contributed by atoms with van der Waals surface area (Å²) >= 11 is 0. The Morgan fingerprint density at radius 3 is 2.71 bits per heavy atom. The molecule has 0 aromatic rings. The Hall–Kier alpha value is -0.500. The maximum Gasteiger partial charge on any atom is 0.125 e. The Morgan fingerprint density at radius 2 is 2.29 bits per heavy atom. The summed E-state index contributed by atoms with van der Waals surface area (Å²) in [6.07, 6.45) is 4.35. The average Bonchev–Trinajstić information content (AvgIpc) is 1.69. The van der Waals surface area contributed by atoms with Crippen LogP contribution in [0.2, 0.25) is 0 Å². The minimum atomic E-state index is 0.976. The second kappa shape index (κ2) is 5.50. The van der Waals surface area contributed by atoms with E-state index >= 15 is 0 Å². The van der Waals surface area contributed by atoms with Gasteiger partial charge in [0, 0.05) is 0 Å². The molecule has 0 rings (SSSR count). The van der Waals surface area contributed by atoms with Gasteiger partial charge in [0.15, 0.2) is 0 Å². The summed E-state index contributed by atoms with van der Waals surface area (Å²) in [5.74, 6) is 0. The van der Waals surface area contributed by atoms with Crippen LogP contribution >= 0.6 is 0 Å². The van der Waals surface area contributed by atoms with Crippen molar-refractivity contribution in [2.75, 3.05) is 7.11 Å². The van der Waals surface area contributed by atoms with Crippen LogP contribution in [-0.4, -0.2) is 7.11 Å². The first-order valence-corrected chi connectivity index (χ1v) is 2.26. The fourth-order valence-corrected chi connectivity index (χ4v) is 0.191. The highest BCUT2D eigenvalue weighted by atomic mass is 17.2. The summed E-state index contributed by atoms with van der Waals surface area (Å²) in [5, 5.41) is 0. The van der Waals surface area contributed by atoms with Gasteiger partial charge in [0.05, 0.1) is 7.11 Å². The maximum atomic E-state index is 4.39. The van der Waals surface area contributed by atoms with Gasteiger partial charge in [-0.05, 0) is 12.5 Å². The summed E-state index contributed by atoms with van der Waals surface area (Å²) in [4.78, 5) is 8.65. The van der Waals surface area contributed by atoms with Crippen molar-refractivity contribution in [2.45, 2.75) is 13.3 Å². The molecule has 0 saturated heterocycles. The zero-order chi connectivity index (χ0) is 5.54. The molecule has 0 aromatic heterocycles. The van der Waals surface area contributed by atoms with Gasteiger partial charge in [0.2, 0.25) is 0 Å². The molecule has 0 unspecified atom stereocenters. The Kier molecular flexibility index (Phi) is 5.11. The lowest BCUT2D eigenvalue weighted by Gasteiger charge is -1.87. The van der Waals surface area contributed by atoms with Crippen molar-refractivity contribution in [3.05, 3.63) is 12.3 Å². The van der Waals surface area contributed by atoms with E-state index in [1.165, 1.54) is 13.4 Å². The van der Waals surface area contributed by atoms with Gasteiger partial charge in [0.1, 0.15) is 6.26 Å². The average molecular weight is 102 g/mol. The lowest BCUT2D eigenvalue weighted by Crippen LogP contribution is -1.74. The van der Waals surface area contributed by atoms with E-state index in [0.717, 1.165) is 6.42 Å². The highest BCUT2D eigenvalue weighted by molar-refractivity contribution is 4.68. The highest BCUT2D eigenvalue weighted by Crippen LogP contribution is 1.79. The Balaban J connectivity index is 2.78. The summed E-state index contributed by atoms with van der Waals surface area (Å²) in [7, 11) is 1.47. The predicted octanol–water partition coefficient (Wildman–Crippen LogP) is 1.49. The van der Waals surface area contributed by atoms with E-state index in [4.69, 9.17) is 0 Å². The number of allylic oxidation sites excluding steroid dienone is 1. The highest BCUT2D eigenvalue weighted by Gasteiger charge is 1.65. The van der Waals surface area contributed by atoms with E-state index < -0.39 is 0 Å². The van der Waals surface area contributed by atoms with Gasteiger partial charge < -0.3 is 4.89 Å². The quantitative estimate of drug-likeness (QED) is 0.305. The Morgan fingerprint density at radius 1 is 1.57 bits per heavy atom. The molecule has 0 aromatic carbocycles. The third-order valence-electron chi connectivity index (χ3n) is 0.484. The van der Waals surface area contributed by atoms with Gasteiger partial charge in [0.25, 0.3) is 0 Å². The monoisotopic (exact) mass is 102 g/mol. The van der Waals surface area contributed by atoms with Crippen molar-refractivity contribution in [2.24, 2.45) is 0 Å². The second-order valence-corrected chi connectivity index (χ2v) is 1.04. The topological polar surface area (TPSA) is 18.5 Å². The summed E-state index contributed by atoms with van der Waals surface area (Å²) < 4.78 is 0. The minimum Gasteiger partial charge on any atom is -0.346 e. The largest absolute Gasteiger partial charge is 0.346 e. The van der Waals surface area contributed by atoms with Crippen molar-refractivity contribution in [1.29, 1.82) is 0 Å². The lowest BCUT2D eigenvalue weighted by molar-refractivity contribution is -0.222. The molecule has 0 bridgehead atoms. The van der Waals surface area contributed by atoms with E-state index in [2.05, 4.69) is 9.78 Å². The second-order valence-electron chi connectivity index (χ2n) is 1.04. The molecule has 0 heterocycles. The molecule has 2 heteroatoms. The molecule has 0 saturated carbocycles. The molecule has 0 spiro atoms. The van der Waals surface area contributed by atoms with Crippen molar-refractivity contribution >= 4 is 0 Å². The van der Waals surface area contributed by atoms with E-state index in [-0.39, 0.29) is 0 Å². The van der Waals surface area contributed by atoms with Gasteiger partial charge in [-0.25, -0.2) is 0 Å². The number of hydrogen-bond acceptors (Lipinski definition) is 2. The lowest BCUT2D eigenvalue weighted by atomic mass is 10.5. The van der Waals surface area contributed by atoms with Crippen LogP contribution < -0.4 is 0 Å². The van der Waals surface area contributed by atoms with Crippen molar-refractivity contribution in [1.82, 2.24) is 0 Å². The fraction of sp³-hybridized carbons (Fsp3) is 0.600. The van der Waals surface area contributed by atoms with Crippen LogP contribution in [0, 0.1) is 0 Å². The van der Waals surface area contributed by atoms with Gasteiger partial charge in [-0.3, -0.25) is 0 Å². The Labute approximate surface area is 43.7 Å². The standard InChI is InChI=1S/C5H10O2/c1-3-4-5-7-6-2/h4-5H,3H2,1-2H3/b5-4+. The molecule has 0 atom stereocenters. The van der Waals surface area contributed by atoms with Crippen LogP contribution in [0.25, 0.3) is 0 Å². The summed E-state index contributed by atoms with van der Waals surface area (Å²) in [5.41, 5.74) is 0. The third kappa shape index (κ3) is 5.50. The first-order valence-electron chi connectivity index (χ1n) is 2.26. The zero-order valence-electron chi connectivity index (χ0n) is 4.68. The maximum absolute atomic E-state index is 4.39. The normalized spacial score (nSPS) is 10.0. The smallest absolute Gasteiger partial charge is 0.125 e. The molecular formula is C5H10O2. The minimum absolute atomic E-state index is 0.976. The first-order chi connectivity index (χ1) is 3.41. The molecule has 0 aliphatic heterocycles. The predicted molar refractivity (Wildman–Crippen MR) is 27.5 cm³/mol. The van der Waals surface area contributed by atoms with E-state index in [0.29, 0.717) is 0 Å². The number of hydrogen-bond donors (Lipinski definition) is 0. The third-order valence-corrected chi connectivity index (χ3v) is 0.484. The summed E-state index contributed by atoms with van der Waals surface area (Å²) in [6, 6.07) is 0. The van der Waals surface area contributed by atoms with Crippen LogP contribution in [0.4, 0.5) is 0 Å². The molecule has 0 fully saturated rings.